The summed E-state index contributed by atoms with van der Waals surface area (Å²) in [4.78, 5) is 23.1. The number of hydrogen-bond donors (Lipinski definition) is 1. The lowest BCUT2D eigenvalue weighted by Gasteiger charge is -2.54. The Labute approximate surface area is 171 Å². The highest BCUT2D eigenvalue weighted by molar-refractivity contribution is 5.69. The van der Waals surface area contributed by atoms with E-state index in [2.05, 4.69) is 12.8 Å². The lowest BCUT2D eigenvalue weighted by atomic mass is 9.52. The number of ether oxygens (including phenoxy) is 2. The number of hydrogen-bond acceptors (Lipinski definition) is 5. The fourth-order valence-electron chi connectivity index (χ4n) is 6.54. The first-order valence-corrected chi connectivity index (χ1v) is 10.4. The van der Waals surface area contributed by atoms with Crippen LogP contribution in [0.2, 0.25) is 0 Å². The number of carbonyl (C=O) groups excluding carboxylic acids is 2. The predicted molar refractivity (Wildman–Crippen MR) is 107 cm³/mol. The molecule has 0 unspecified atom stereocenters. The van der Waals surface area contributed by atoms with Crippen molar-refractivity contribution < 1.29 is 24.2 Å². The zero-order chi connectivity index (χ0) is 21.0. The first-order valence-electron chi connectivity index (χ1n) is 10.4. The SMILES string of the molecule is C#C[C@]1(OC(C)=O)CC[C@@H]2[C@@H]3CCc4cc(OC(C)=O)ccc4[C@@H]3[C@H](O)C[C@]21C. The molecule has 4 rings (SSSR count). The van der Waals surface area contributed by atoms with Crippen molar-refractivity contribution >= 4 is 11.9 Å². The third kappa shape index (κ3) is 2.97. The van der Waals surface area contributed by atoms with E-state index in [1.807, 2.05) is 18.2 Å². The van der Waals surface area contributed by atoms with Crippen molar-refractivity contribution in [3.8, 4) is 18.1 Å². The molecule has 0 heterocycles. The summed E-state index contributed by atoms with van der Waals surface area (Å²) in [5.74, 6) is 3.24. The molecule has 2 saturated carbocycles. The summed E-state index contributed by atoms with van der Waals surface area (Å²) in [6.07, 6.45) is 9.16. The molecule has 6 atom stereocenters. The molecule has 0 aromatic heterocycles. The van der Waals surface area contributed by atoms with Gasteiger partial charge < -0.3 is 14.6 Å². The monoisotopic (exact) mass is 396 g/mol. The van der Waals surface area contributed by atoms with Crippen LogP contribution in [0.25, 0.3) is 0 Å². The maximum Gasteiger partial charge on any atom is 0.308 e. The fraction of sp³-hybridized carbons (Fsp3) is 0.583. The van der Waals surface area contributed by atoms with Gasteiger partial charge in [-0.1, -0.05) is 18.9 Å². The smallest absolute Gasteiger partial charge is 0.308 e. The van der Waals surface area contributed by atoms with E-state index in [1.165, 1.54) is 13.8 Å². The lowest BCUT2D eigenvalue weighted by molar-refractivity contribution is -0.171. The number of aliphatic hydroxyl groups excluding tert-OH is 1. The Hall–Kier alpha value is -2.32. The largest absolute Gasteiger partial charge is 0.445 e. The average molecular weight is 396 g/mol. The number of carbonyl (C=O) groups is 2. The van der Waals surface area contributed by atoms with Gasteiger partial charge in [0.2, 0.25) is 0 Å². The first kappa shape index (κ1) is 20.0. The van der Waals surface area contributed by atoms with Crippen LogP contribution in [0.15, 0.2) is 18.2 Å². The first-order chi connectivity index (χ1) is 13.7. The zero-order valence-electron chi connectivity index (χ0n) is 17.2. The standard InChI is InChI=1S/C24H28O5/c1-5-24(29-15(3)26)11-10-20-19-8-6-16-12-17(28-14(2)25)7-9-18(16)22(19)21(27)13-23(20,24)4/h1,7,9,12,19-22,27H,6,8,10-11,13H2,2-4H3/t19-,20+,21+,22-,23+,24-/m0/s1. The van der Waals surface area contributed by atoms with Crippen LogP contribution in [0.3, 0.4) is 0 Å². The summed E-state index contributed by atoms with van der Waals surface area (Å²) >= 11 is 0. The van der Waals surface area contributed by atoms with Gasteiger partial charge in [0.25, 0.3) is 0 Å². The maximum absolute atomic E-state index is 11.8. The van der Waals surface area contributed by atoms with Gasteiger partial charge in [-0.05, 0) is 67.2 Å². The van der Waals surface area contributed by atoms with Crippen LogP contribution in [0.1, 0.15) is 63.5 Å². The number of rotatable bonds is 2. The molecule has 1 aromatic rings. The Kier molecular flexibility index (Phi) is 4.74. The second-order valence-electron chi connectivity index (χ2n) is 9.08. The van der Waals surface area contributed by atoms with Gasteiger partial charge in [0.05, 0.1) is 6.10 Å². The summed E-state index contributed by atoms with van der Waals surface area (Å²) in [5.41, 5.74) is 0.879. The highest BCUT2D eigenvalue weighted by Gasteiger charge is 2.65. The summed E-state index contributed by atoms with van der Waals surface area (Å²) in [7, 11) is 0. The molecule has 0 aliphatic heterocycles. The van der Waals surface area contributed by atoms with Crippen molar-refractivity contribution in [1.29, 1.82) is 0 Å². The van der Waals surface area contributed by atoms with Crippen LogP contribution in [0.5, 0.6) is 5.75 Å². The Morgan fingerprint density at radius 3 is 2.66 bits per heavy atom. The predicted octanol–water partition coefficient (Wildman–Crippen LogP) is 3.37. The van der Waals surface area contributed by atoms with Gasteiger partial charge in [0.1, 0.15) is 5.75 Å². The number of benzene rings is 1. The molecule has 29 heavy (non-hydrogen) atoms. The van der Waals surface area contributed by atoms with Crippen molar-refractivity contribution in [2.24, 2.45) is 17.3 Å². The van der Waals surface area contributed by atoms with Crippen LogP contribution in [0.4, 0.5) is 0 Å². The minimum Gasteiger partial charge on any atom is -0.445 e. The van der Waals surface area contributed by atoms with E-state index in [0.29, 0.717) is 18.6 Å². The minimum absolute atomic E-state index is 0.0223. The van der Waals surface area contributed by atoms with E-state index in [-0.39, 0.29) is 29.7 Å². The molecular formula is C24H28O5. The molecule has 3 aliphatic carbocycles. The van der Waals surface area contributed by atoms with Crippen molar-refractivity contribution in [1.82, 2.24) is 0 Å². The van der Waals surface area contributed by atoms with E-state index in [1.54, 1.807) is 0 Å². The minimum atomic E-state index is -0.949. The molecule has 1 aromatic carbocycles. The Bertz CT molecular complexity index is 899. The number of fused-ring (bicyclic) bond motifs is 5. The van der Waals surface area contributed by atoms with E-state index >= 15 is 0 Å². The molecule has 0 radical (unpaired) electrons. The van der Waals surface area contributed by atoms with Crippen molar-refractivity contribution in [2.75, 3.05) is 0 Å². The van der Waals surface area contributed by atoms with Crippen LogP contribution in [-0.2, 0) is 20.7 Å². The highest BCUT2D eigenvalue weighted by Crippen LogP contribution is 2.65. The fourth-order valence-corrected chi connectivity index (χ4v) is 6.54. The molecule has 0 saturated heterocycles. The van der Waals surface area contributed by atoms with Gasteiger partial charge in [0, 0.05) is 25.2 Å². The number of aliphatic hydroxyl groups is 1. The van der Waals surface area contributed by atoms with E-state index in [9.17, 15) is 14.7 Å². The van der Waals surface area contributed by atoms with Crippen LogP contribution in [0, 0.1) is 29.6 Å². The topological polar surface area (TPSA) is 72.8 Å². The average Bonchev–Trinajstić information content (AvgIpc) is 2.92. The summed E-state index contributed by atoms with van der Waals surface area (Å²) in [6, 6.07) is 5.72. The van der Waals surface area contributed by atoms with Crippen molar-refractivity contribution in [3.63, 3.8) is 0 Å². The quantitative estimate of drug-likeness (QED) is 0.471. The van der Waals surface area contributed by atoms with Gasteiger partial charge in [-0.2, -0.15) is 0 Å². The molecule has 5 nitrogen and oxygen atoms in total. The van der Waals surface area contributed by atoms with E-state index in [4.69, 9.17) is 15.9 Å². The third-order valence-electron chi connectivity index (χ3n) is 7.61. The number of aryl methyl sites for hydroxylation is 1. The van der Waals surface area contributed by atoms with Gasteiger partial charge in [0.15, 0.2) is 5.60 Å². The second-order valence-corrected chi connectivity index (χ2v) is 9.08. The summed E-state index contributed by atoms with van der Waals surface area (Å²) in [6.45, 7) is 4.88. The van der Waals surface area contributed by atoms with Crippen molar-refractivity contribution in [3.05, 3.63) is 29.3 Å². The van der Waals surface area contributed by atoms with Crippen LogP contribution in [-0.4, -0.2) is 28.8 Å². The Morgan fingerprint density at radius 1 is 1.24 bits per heavy atom. The molecular weight excluding hydrogens is 368 g/mol. The molecule has 0 bridgehead atoms. The van der Waals surface area contributed by atoms with Gasteiger partial charge in [-0.25, -0.2) is 0 Å². The third-order valence-corrected chi connectivity index (χ3v) is 7.61. The van der Waals surface area contributed by atoms with Crippen molar-refractivity contribution in [2.45, 2.75) is 70.5 Å². The summed E-state index contributed by atoms with van der Waals surface area (Å²) < 4.78 is 11.0. The molecule has 2 fully saturated rings. The maximum atomic E-state index is 11.8. The van der Waals surface area contributed by atoms with Gasteiger partial charge in [-0.15, -0.1) is 6.42 Å². The zero-order valence-corrected chi connectivity index (χ0v) is 17.2. The molecule has 5 heteroatoms. The normalized spacial score (nSPS) is 37.5. The van der Waals surface area contributed by atoms with Gasteiger partial charge in [-0.3, -0.25) is 9.59 Å². The number of esters is 2. The summed E-state index contributed by atoms with van der Waals surface area (Å²) in [5, 5.41) is 11.2. The second kappa shape index (κ2) is 6.88. The molecule has 0 spiro atoms. The Morgan fingerprint density at radius 2 is 2.00 bits per heavy atom. The lowest BCUT2D eigenvalue weighted by Crippen LogP contribution is -2.55. The highest BCUT2D eigenvalue weighted by atomic mass is 16.6. The molecule has 154 valence electrons. The van der Waals surface area contributed by atoms with E-state index in [0.717, 1.165) is 30.4 Å². The molecule has 0 amide bonds. The van der Waals surface area contributed by atoms with Crippen LogP contribution < -0.4 is 4.74 Å². The van der Waals surface area contributed by atoms with E-state index < -0.39 is 17.1 Å². The number of terminal acetylenes is 1. The Balaban J connectivity index is 1.69. The van der Waals surface area contributed by atoms with Crippen LogP contribution >= 0.6 is 0 Å². The molecule has 3 aliphatic rings. The molecule has 1 N–H and O–H groups in total. The van der Waals surface area contributed by atoms with Gasteiger partial charge >= 0.3 is 11.9 Å².